The van der Waals surface area contributed by atoms with E-state index in [1.54, 1.807) is 11.8 Å². The number of anilines is 3. The third-order valence-electron chi connectivity index (χ3n) is 4.37. The molecule has 0 aromatic heterocycles. The van der Waals surface area contributed by atoms with E-state index in [1.165, 1.54) is 0 Å². The standard InChI is InChI=1S/C20H23N3O3/c1-3-26-20(25)22-16-11-10-15-9-8-14-6-4-5-7-17(14)23(18(15)12-16)19(24)13-21-2/h4-7,10-12,21H,3,8-9,13H2,1-2H3,(H,22,25)/p+1. The number of carbonyl (C=O) groups excluding carboxylic acids is 2. The summed E-state index contributed by atoms with van der Waals surface area (Å²) in [7, 11) is 1.88. The highest BCUT2D eigenvalue weighted by molar-refractivity contribution is 6.03. The van der Waals surface area contributed by atoms with Crippen LogP contribution < -0.4 is 15.5 Å². The summed E-state index contributed by atoms with van der Waals surface area (Å²) in [5.41, 5.74) is 4.57. The number of para-hydroxylation sites is 1. The quantitative estimate of drug-likeness (QED) is 0.884. The number of ether oxygens (including phenoxy) is 1. The van der Waals surface area contributed by atoms with Crippen molar-refractivity contribution in [2.45, 2.75) is 19.8 Å². The Bertz CT molecular complexity index is 820. The van der Waals surface area contributed by atoms with Gasteiger partial charge in [-0.1, -0.05) is 24.3 Å². The number of fused-ring (bicyclic) bond motifs is 2. The minimum absolute atomic E-state index is 0.0105. The first-order valence-corrected chi connectivity index (χ1v) is 8.89. The van der Waals surface area contributed by atoms with Crippen LogP contribution in [0.15, 0.2) is 42.5 Å². The predicted molar refractivity (Wildman–Crippen MR) is 101 cm³/mol. The minimum Gasteiger partial charge on any atom is -0.450 e. The smallest absolute Gasteiger partial charge is 0.411 e. The van der Waals surface area contributed by atoms with Crippen molar-refractivity contribution in [2.75, 3.05) is 30.4 Å². The maximum Gasteiger partial charge on any atom is 0.411 e. The van der Waals surface area contributed by atoms with Crippen LogP contribution in [0.3, 0.4) is 0 Å². The number of benzene rings is 2. The summed E-state index contributed by atoms with van der Waals surface area (Å²) in [6.45, 7) is 2.42. The van der Waals surface area contributed by atoms with Gasteiger partial charge in [-0.3, -0.25) is 15.0 Å². The molecule has 2 aromatic rings. The summed E-state index contributed by atoms with van der Waals surface area (Å²) in [4.78, 5) is 26.4. The molecule has 6 heteroatoms. The first-order chi connectivity index (χ1) is 12.6. The highest BCUT2D eigenvalue weighted by Crippen LogP contribution is 2.37. The average Bonchev–Trinajstić information content (AvgIpc) is 2.78. The number of aryl methyl sites for hydroxylation is 2. The van der Waals surface area contributed by atoms with E-state index in [0.29, 0.717) is 18.8 Å². The molecule has 0 saturated heterocycles. The normalized spacial score (nSPS) is 12.6. The summed E-state index contributed by atoms with van der Waals surface area (Å²) < 4.78 is 4.95. The number of quaternary nitrogens is 1. The fraction of sp³-hybridized carbons (Fsp3) is 0.300. The van der Waals surface area contributed by atoms with Gasteiger partial charge in [-0.15, -0.1) is 0 Å². The summed E-state index contributed by atoms with van der Waals surface area (Å²) in [6.07, 6.45) is 1.21. The SMILES string of the molecule is CCOC(=O)Nc1ccc2c(c1)N(C(=O)C[NH2+]C)c1ccccc1CC2. The van der Waals surface area contributed by atoms with E-state index in [9.17, 15) is 9.59 Å². The summed E-state index contributed by atoms with van der Waals surface area (Å²) in [5, 5.41) is 4.58. The Morgan fingerprint density at radius 1 is 1.12 bits per heavy atom. The number of rotatable bonds is 4. The van der Waals surface area contributed by atoms with Crippen molar-refractivity contribution in [2.24, 2.45) is 0 Å². The van der Waals surface area contributed by atoms with Crippen LogP contribution >= 0.6 is 0 Å². The first kappa shape index (κ1) is 17.9. The number of carbonyl (C=O) groups is 2. The second kappa shape index (κ2) is 8.01. The molecular formula is C20H24N3O3+. The molecule has 26 heavy (non-hydrogen) atoms. The lowest BCUT2D eigenvalue weighted by molar-refractivity contribution is -0.615. The van der Waals surface area contributed by atoms with Gasteiger partial charge < -0.3 is 10.1 Å². The second-order valence-corrected chi connectivity index (χ2v) is 6.16. The molecule has 1 heterocycles. The first-order valence-electron chi connectivity index (χ1n) is 8.89. The third-order valence-corrected chi connectivity index (χ3v) is 4.37. The zero-order chi connectivity index (χ0) is 18.5. The van der Waals surface area contributed by atoms with E-state index in [0.717, 1.165) is 35.3 Å². The van der Waals surface area contributed by atoms with E-state index in [1.807, 2.05) is 48.8 Å². The van der Waals surface area contributed by atoms with Crippen LogP contribution in [0.4, 0.5) is 21.9 Å². The maximum atomic E-state index is 12.9. The van der Waals surface area contributed by atoms with Gasteiger partial charge in [-0.2, -0.15) is 0 Å². The molecule has 1 aliphatic heterocycles. The molecule has 3 rings (SSSR count). The van der Waals surface area contributed by atoms with Crippen molar-refractivity contribution < 1.29 is 19.6 Å². The third kappa shape index (κ3) is 3.70. The molecular weight excluding hydrogens is 330 g/mol. The van der Waals surface area contributed by atoms with E-state index in [4.69, 9.17) is 4.74 Å². The topological polar surface area (TPSA) is 75.2 Å². The zero-order valence-electron chi connectivity index (χ0n) is 15.1. The molecule has 0 aliphatic carbocycles. The van der Waals surface area contributed by atoms with Crippen molar-refractivity contribution in [3.05, 3.63) is 53.6 Å². The van der Waals surface area contributed by atoms with Gasteiger partial charge in [0.15, 0.2) is 6.54 Å². The molecule has 2 amide bonds. The molecule has 2 aromatic carbocycles. The predicted octanol–water partition coefficient (Wildman–Crippen LogP) is 2.21. The molecule has 1 aliphatic rings. The molecule has 0 unspecified atom stereocenters. The highest BCUT2D eigenvalue weighted by atomic mass is 16.5. The number of hydrogen-bond donors (Lipinski definition) is 2. The lowest BCUT2D eigenvalue weighted by atomic mass is 10.0. The van der Waals surface area contributed by atoms with E-state index < -0.39 is 6.09 Å². The van der Waals surface area contributed by atoms with Crippen LogP contribution in [0.5, 0.6) is 0 Å². The monoisotopic (exact) mass is 354 g/mol. The van der Waals surface area contributed by atoms with E-state index >= 15 is 0 Å². The Morgan fingerprint density at radius 2 is 1.85 bits per heavy atom. The van der Waals surface area contributed by atoms with Crippen molar-refractivity contribution in [1.82, 2.24) is 0 Å². The van der Waals surface area contributed by atoms with Gasteiger partial charge in [0.2, 0.25) is 0 Å². The number of likely N-dealkylation sites (N-methyl/N-ethyl adjacent to an activating group) is 1. The van der Waals surface area contributed by atoms with Gasteiger partial charge in [0.05, 0.1) is 25.0 Å². The zero-order valence-corrected chi connectivity index (χ0v) is 15.1. The summed E-state index contributed by atoms with van der Waals surface area (Å²) >= 11 is 0. The lowest BCUT2D eigenvalue weighted by Crippen LogP contribution is -2.82. The molecule has 0 fully saturated rings. The summed E-state index contributed by atoms with van der Waals surface area (Å²) in [6, 6.07) is 13.6. The van der Waals surface area contributed by atoms with Gasteiger partial charge in [0.1, 0.15) is 0 Å². The maximum absolute atomic E-state index is 12.9. The molecule has 0 radical (unpaired) electrons. The number of nitrogens with zero attached hydrogens (tertiary/aromatic N) is 1. The average molecular weight is 354 g/mol. The fourth-order valence-corrected chi connectivity index (χ4v) is 3.22. The second-order valence-electron chi connectivity index (χ2n) is 6.16. The van der Waals surface area contributed by atoms with Crippen LogP contribution in [-0.4, -0.2) is 32.2 Å². The largest absolute Gasteiger partial charge is 0.450 e. The van der Waals surface area contributed by atoms with Crippen molar-refractivity contribution in [3.63, 3.8) is 0 Å². The lowest BCUT2D eigenvalue weighted by Gasteiger charge is -2.24. The number of amides is 2. The molecule has 136 valence electrons. The Kier molecular flexibility index (Phi) is 5.53. The van der Waals surface area contributed by atoms with Crippen LogP contribution in [0, 0.1) is 0 Å². The van der Waals surface area contributed by atoms with Gasteiger partial charge >= 0.3 is 6.09 Å². The van der Waals surface area contributed by atoms with Crippen molar-refractivity contribution in [1.29, 1.82) is 0 Å². The van der Waals surface area contributed by atoms with Crippen molar-refractivity contribution >= 4 is 29.1 Å². The molecule has 0 spiro atoms. The van der Waals surface area contributed by atoms with Crippen molar-refractivity contribution in [3.8, 4) is 0 Å². The van der Waals surface area contributed by atoms with Crippen LogP contribution in [0.25, 0.3) is 0 Å². The Hall–Kier alpha value is -2.86. The molecule has 0 bridgehead atoms. The minimum atomic E-state index is -0.499. The van der Waals surface area contributed by atoms with E-state index in [-0.39, 0.29) is 5.91 Å². The number of nitrogens with two attached hydrogens (primary N) is 1. The number of nitrogens with one attached hydrogen (secondary N) is 1. The number of hydrogen-bond acceptors (Lipinski definition) is 3. The molecule has 3 N–H and O–H groups in total. The van der Waals surface area contributed by atoms with Gasteiger partial charge in [0, 0.05) is 5.69 Å². The van der Waals surface area contributed by atoms with Crippen LogP contribution in [-0.2, 0) is 22.4 Å². The van der Waals surface area contributed by atoms with Crippen LogP contribution in [0.1, 0.15) is 18.1 Å². The summed E-state index contributed by atoms with van der Waals surface area (Å²) in [5.74, 6) is 0.0105. The Labute approximate surface area is 153 Å². The van der Waals surface area contributed by atoms with E-state index in [2.05, 4.69) is 11.4 Å². The molecule has 0 saturated carbocycles. The van der Waals surface area contributed by atoms with Gasteiger partial charge in [-0.25, -0.2) is 4.79 Å². The van der Waals surface area contributed by atoms with Gasteiger partial charge in [-0.05, 0) is 49.1 Å². The van der Waals surface area contributed by atoms with Gasteiger partial charge in [0.25, 0.3) is 5.91 Å². The Balaban J connectivity index is 2.05. The van der Waals surface area contributed by atoms with Crippen LogP contribution in [0.2, 0.25) is 0 Å². The molecule has 0 atom stereocenters. The molecule has 6 nitrogen and oxygen atoms in total. The fourth-order valence-electron chi connectivity index (χ4n) is 3.22. The Morgan fingerprint density at radius 3 is 2.58 bits per heavy atom. The highest BCUT2D eigenvalue weighted by Gasteiger charge is 2.26.